The maximum atomic E-state index is 11.7. The number of carbonyl (C=O) groups is 1. The first-order valence-corrected chi connectivity index (χ1v) is 7.75. The van der Waals surface area contributed by atoms with Crippen LogP contribution in [0, 0.1) is 6.92 Å². The molecular weight excluding hydrogens is 304 g/mol. The highest BCUT2D eigenvalue weighted by Crippen LogP contribution is 2.18. The van der Waals surface area contributed by atoms with Crippen LogP contribution in [0.3, 0.4) is 0 Å². The molecule has 110 valence electrons. The lowest BCUT2D eigenvalue weighted by Gasteiger charge is -2.14. The van der Waals surface area contributed by atoms with E-state index in [1.807, 2.05) is 31.2 Å². The van der Waals surface area contributed by atoms with E-state index < -0.39 is 0 Å². The number of benzene rings is 1. The van der Waals surface area contributed by atoms with Crippen LogP contribution in [0.1, 0.15) is 5.56 Å². The minimum absolute atomic E-state index is 0.0261. The van der Waals surface area contributed by atoms with E-state index in [0.717, 1.165) is 11.3 Å². The SMILES string of the molecule is C=CCN1C(=O)CS/C1=N\NC(=S)Nc1ccccc1C. The summed E-state index contributed by atoms with van der Waals surface area (Å²) in [7, 11) is 0. The van der Waals surface area contributed by atoms with Gasteiger partial charge in [0.2, 0.25) is 5.91 Å². The molecule has 1 aliphatic heterocycles. The van der Waals surface area contributed by atoms with Crippen molar-refractivity contribution >= 4 is 45.9 Å². The van der Waals surface area contributed by atoms with Gasteiger partial charge in [-0.25, -0.2) is 0 Å². The van der Waals surface area contributed by atoms with Crippen molar-refractivity contribution in [2.24, 2.45) is 5.10 Å². The summed E-state index contributed by atoms with van der Waals surface area (Å²) < 4.78 is 0. The number of rotatable bonds is 4. The second kappa shape index (κ2) is 7.24. The van der Waals surface area contributed by atoms with Crippen molar-refractivity contribution in [1.82, 2.24) is 10.3 Å². The van der Waals surface area contributed by atoms with E-state index in [-0.39, 0.29) is 5.91 Å². The van der Waals surface area contributed by atoms with Gasteiger partial charge in [-0.3, -0.25) is 15.1 Å². The Kier molecular flexibility index (Phi) is 5.35. The van der Waals surface area contributed by atoms with Crippen molar-refractivity contribution in [2.75, 3.05) is 17.6 Å². The molecule has 0 bridgehead atoms. The molecule has 2 N–H and O–H groups in total. The number of anilines is 1. The normalized spacial score (nSPS) is 16.1. The fourth-order valence-electron chi connectivity index (χ4n) is 1.75. The average Bonchev–Trinajstić information content (AvgIpc) is 2.81. The van der Waals surface area contributed by atoms with Gasteiger partial charge in [-0.15, -0.1) is 11.7 Å². The number of para-hydroxylation sites is 1. The Bertz CT molecular complexity index is 600. The summed E-state index contributed by atoms with van der Waals surface area (Å²) in [5.41, 5.74) is 4.78. The number of hydrazone groups is 1. The highest BCUT2D eigenvalue weighted by atomic mass is 32.2. The van der Waals surface area contributed by atoms with E-state index in [9.17, 15) is 4.79 Å². The van der Waals surface area contributed by atoms with Gasteiger partial charge in [-0.2, -0.15) is 0 Å². The zero-order chi connectivity index (χ0) is 15.2. The molecule has 0 unspecified atom stereocenters. The van der Waals surface area contributed by atoms with E-state index in [1.165, 1.54) is 11.8 Å². The molecule has 0 aromatic heterocycles. The predicted octanol–water partition coefficient (Wildman–Crippen LogP) is 2.31. The van der Waals surface area contributed by atoms with Gasteiger partial charge in [0.15, 0.2) is 10.3 Å². The third-order valence-electron chi connectivity index (χ3n) is 2.81. The predicted molar refractivity (Wildman–Crippen MR) is 92.3 cm³/mol. The molecule has 1 fully saturated rings. The zero-order valence-corrected chi connectivity index (χ0v) is 13.3. The van der Waals surface area contributed by atoms with Crippen molar-refractivity contribution in [3.63, 3.8) is 0 Å². The summed E-state index contributed by atoms with van der Waals surface area (Å²) in [5, 5.41) is 8.25. The number of thioether (sulfide) groups is 1. The Morgan fingerprint density at radius 2 is 2.33 bits per heavy atom. The average molecular weight is 320 g/mol. The zero-order valence-electron chi connectivity index (χ0n) is 11.6. The van der Waals surface area contributed by atoms with E-state index in [2.05, 4.69) is 22.4 Å². The summed E-state index contributed by atoms with van der Waals surface area (Å²) in [5.74, 6) is 0.421. The Balaban J connectivity index is 1.97. The number of hydrogen-bond acceptors (Lipinski definition) is 4. The summed E-state index contributed by atoms with van der Waals surface area (Å²) in [6.07, 6.45) is 1.67. The molecule has 0 saturated carbocycles. The van der Waals surface area contributed by atoms with Gasteiger partial charge in [0, 0.05) is 12.2 Å². The minimum Gasteiger partial charge on any atom is -0.331 e. The molecule has 2 rings (SSSR count). The second-order valence-electron chi connectivity index (χ2n) is 4.36. The molecule has 1 aliphatic rings. The summed E-state index contributed by atoms with van der Waals surface area (Å²) in [4.78, 5) is 13.2. The fourth-order valence-corrected chi connectivity index (χ4v) is 2.76. The summed E-state index contributed by atoms with van der Waals surface area (Å²) >= 11 is 6.58. The van der Waals surface area contributed by atoms with Crippen LogP contribution in [0.5, 0.6) is 0 Å². The minimum atomic E-state index is 0.0261. The van der Waals surface area contributed by atoms with Crippen LogP contribution in [-0.2, 0) is 4.79 Å². The van der Waals surface area contributed by atoms with Crippen molar-refractivity contribution in [3.05, 3.63) is 42.5 Å². The van der Waals surface area contributed by atoms with E-state index in [4.69, 9.17) is 12.2 Å². The molecule has 1 heterocycles. The van der Waals surface area contributed by atoms with Crippen LogP contribution in [-0.4, -0.2) is 33.4 Å². The van der Waals surface area contributed by atoms with Gasteiger partial charge in [0.05, 0.1) is 5.75 Å². The first-order chi connectivity index (χ1) is 10.1. The van der Waals surface area contributed by atoms with Crippen LogP contribution in [0.25, 0.3) is 0 Å². The van der Waals surface area contributed by atoms with Crippen LogP contribution < -0.4 is 10.7 Å². The first-order valence-electron chi connectivity index (χ1n) is 6.36. The van der Waals surface area contributed by atoms with E-state index in [0.29, 0.717) is 22.6 Å². The van der Waals surface area contributed by atoms with Crippen LogP contribution in [0.2, 0.25) is 0 Å². The lowest BCUT2D eigenvalue weighted by Crippen LogP contribution is -2.32. The van der Waals surface area contributed by atoms with Gasteiger partial charge in [0.25, 0.3) is 0 Å². The number of nitrogens with one attached hydrogen (secondary N) is 2. The number of thiocarbonyl (C=S) groups is 1. The maximum absolute atomic E-state index is 11.7. The molecule has 1 amide bonds. The lowest BCUT2D eigenvalue weighted by molar-refractivity contribution is -0.123. The maximum Gasteiger partial charge on any atom is 0.239 e. The molecule has 7 heteroatoms. The van der Waals surface area contributed by atoms with Crippen LogP contribution in [0.4, 0.5) is 5.69 Å². The highest BCUT2D eigenvalue weighted by molar-refractivity contribution is 8.15. The standard InChI is InChI=1S/C14H16N4OS2/c1-3-8-18-12(19)9-21-14(18)17-16-13(20)15-11-7-5-4-6-10(11)2/h3-7H,1,8-9H2,2H3,(H2,15,16,20)/b17-14-. The Morgan fingerprint density at radius 1 is 1.57 bits per heavy atom. The monoisotopic (exact) mass is 320 g/mol. The van der Waals surface area contributed by atoms with Gasteiger partial charge in [-0.05, 0) is 30.8 Å². The third kappa shape index (κ3) is 4.05. The summed E-state index contributed by atoms with van der Waals surface area (Å²) in [6, 6.07) is 7.83. The Labute approximate surface area is 133 Å². The number of hydrogen-bond donors (Lipinski definition) is 2. The molecule has 0 aliphatic carbocycles. The number of nitrogens with zero attached hydrogens (tertiary/aromatic N) is 2. The molecular formula is C14H16N4OS2. The molecule has 0 radical (unpaired) electrons. The molecule has 1 saturated heterocycles. The quantitative estimate of drug-likeness (QED) is 0.506. The Hall–Kier alpha value is -1.86. The lowest BCUT2D eigenvalue weighted by atomic mass is 10.2. The van der Waals surface area contributed by atoms with Gasteiger partial charge in [-0.1, -0.05) is 36.0 Å². The first kappa shape index (κ1) is 15.5. The molecule has 21 heavy (non-hydrogen) atoms. The van der Waals surface area contributed by atoms with Crippen LogP contribution >= 0.6 is 24.0 Å². The van der Waals surface area contributed by atoms with Gasteiger partial charge < -0.3 is 5.32 Å². The highest BCUT2D eigenvalue weighted by Gasteiger charge is 2.27. The fraction of sp³-hybridized carbons (Fsp3) is 0.214. The molecule has 5 nitrogen and oxygen atoms in total. The topological polar surface area (TPSA) is 56.7 Å². The Morgan fingerprint density at radius 3 is 3.05 bits per heavy atom. The number of amides is 1. The van der Waals surface area contributed by atoms with Crippen molar-refractivity contribution in [2.45, 2.75) is 6.92 Å². The third-order valence-corrected chi connectivity index (χ3v) is 3.97. The van der Waals surface area contributed by atoms with Crippen LogP contribution in [0.15, 0.2) is 42.0 Å². The second-order valence-corrected chi connectivity index (χ2v) is 5.71. The van der Waals surface area contributed by atoms with Gasteiger partial charge in [0.1, 0.15) is 0 Å². The smallest absolute Gasteiger partial charge is 0.239 e. The number of carbonyl (C=O) groups excluding carboxylic acids is 1. The number of aryl methyl sites for hydroxylation is 1. The molecule has 0 atom stereocenters. The molecule has 1 aromatic carbocycles. The van der Waals surface area contributed by atoms with Crippen molar-refractivity contribution in [1.29, 1.82) is 0 Å². The summed E-state index contributed by atoms with van der Waals surface area (Å²) in [6.45, 7) is 6.08. The van der Waals surface area contributed by atoms with E-state index in [1.54, 1.807) is 11.0 Å². The van der Waals surface area contributed by atoms with Gasteiger partial charge >= 0.3 is 0 Å². The molecule has 1 aromatic rings. The largest absolute Gasteiger partial charge is 0.331 e. The molecule has 0 spiro atoms. The van der Waals surface area contributed by atoms with E-state index >= 15 is 0 Å². The number of amidine groups is 1. The van der Waals surface area contributed by atoms with Crippen molar-refractivity contribution < 1.29 is 4.79 Å². The van der Waals surface area contributed by atoms with Crippen molar-refractivity contribution in [3.8, 4) is 0 Å².